The standard InChI is InChI=1S/C9H7NO3/c11-7-3-2-6-5(9(7)13)1-4-8(12)10-6/h1-4,11,13H,(H,10,12). The predicted molar refractivity (Wildman–Crippen MR) is 47.9 cm³/mol. The summed E-state index contributed by atoms with van der Waals surface area (Å²) in [6.07, 6.45) is 0. The van der Waals surface area contributed by atoms with Crippen LogP contribution in [0.25, 0.3) is 10.9 Å². The summed E-state index contributed by atoms with van der Waals surface area (Å²) >= 11 is 0. The number of aromatic amines is 1. The third-order valence-electron chi connectivity index (χ3n) is 1.86. The normalized spacial score (nSPS) is 10.5. The number of nitrogens with one attached hydrogen (secondary N) is 1. The molecule has 0 unspecified atom stereocenters. The molecule has 13 heavy (non-hydrogen) atoms. The molecule has 0 radical (unpaired) electrons. The van der Waals surface area contributed by atoms with Gasteiger partial charge in [0.1, 0.15) is 0 Å². The predicted octanol–water partition coefficient (Wildman–Crippen LogP) is 0.939. The quantitative estimate of drug-likeness (QED) is 0.524. The largest absolute Gasteiger partial charge is 0.504 e. The number of rotatable bonds is 0. The van der Waals surface area contributed by atoms with Gasteiger partial charge in [-0.15, -0.1) is 0 Å². The number of aromatic nitrogens is 1. The van der Waals surface area contributed by atoms with Crippen molar-refractivity contribution in [3.8, 4) is 11.5 Å². The molecule has 0 atom stereocenters. The molecule has 1 aromatic carbocycles. The van der Waals surface area contributed by atoms with Crippen molar-refractivity contribution in [2.24, 2.45) is 0 Å². The SMILES string of the molecule is O=c1ccc2c(O)c(O)ccc2[nH]1. The number of benzene rings is 1. The molecule has 3 N–H and O–H groups in total. The van der Waals surface area contributed by atoms with E-state index in [4.69, 9.17) is 5.11 Å². The topological polar surface area (TPSA) is 73.3 Å². The van der Waals surface area contributed by atoms with E-state index >= 15 is 0 Å². The minimum absolute atomic E-state index is 0.195. The van der Waals surface area contributed by atoms with Crippen molar-refractivity contribution in [3.63, 3.8) is 0 Å². The Labute approximate surface area is 73.1 Å². The first-order valence-corrected chi connectivity index (χ1v) is 3.72. The van der Waals surface area contributed by atoms with E-state index in [1.807, 2.05) is 0 Å². The molecule has 0 fully saturated rings. The lowest BCUT2D eigenvalue weighted by Gasteiger charge is -2.01. The molecular formula is C9H7NO3. The Morgan fingerprint density at radius 2 is 1.85 bits per heavy atom. The maximum atomic E-state index is 10.9. The van der Waals surface area contributed by atoms with Crippen LogP contribution in [0, 0.1) is 0 Å². The second kappa shape index (κ2) is 2.52. The van der Waals surface area contributed by atoms with Crippen LogP contribution >= 0.6 is 0 Å². The molecule has 0 bridgehead atoms. The fraction of sp³-hybridized carbons (Fsp3) is 0. The smallest absolute Gasteiger partial charge is 0.248 e. The Bertz CT molecular complexity index is 516. The summed E-state index contributed by atoms with van der Waals surface area (Å²) in [7, 11) is 0. The molecule has 1 heterocycles. The van der Waals surface area contributed by atoms with Crippen molar-refractivity contribution in [1.82, 2.24) is 4.98 Å². The molecular weight excluding hydrogens is 170 g/mol. The highest BCUT2D eigenvalue weighted by Crippen LogP contribution is 2.31. The number of aromatic hydroxyl groups is 2. The first-order valence-electron chi connectivity index (χ1n) is 3.72. The summed E-state index contributed by atoms with van der Waals surface area (Å²) in [5, 5.41) is 19.0. The van der Waals surface area contributed by atoms with Crippen LogP contribution in [0.5, 0.6) is 11.5 Å². The number of hydrogen-bond donors (Lipinski definition) is 3. The van der Waals surface area contributed by atoms with Crippen LogP contribution in [0.1, 0.15) is 0 Å². The number of pyridine rings is 1. The van der Waals surface area contributed by atoms with E-state index in [9.17, 15) is 9.90 Å². The average molecular weight is 177 g/mol. The Hall–Kier alpha value is -1.97. The summed E-state index contributed by atoms with van der Waals surface area (Å²) in [6, 6.07) is 5.62. The van der Waals surface area contributed by atoms with E-state index < -0.39 is 0 Å². The van der Waals surface area contributed by atoms with E-state index in [-0.39, 0.29) is 17.1 Å². The van der Waals surface area contributed by atoms with E-state index in [2.05, 4.69) is 4.98 Å². The lowest BCUT2D eigenvalue weighted by molar-refractivity contribution is 0.408. The Balaban J connectivity index is 2.95. The van der Waals surface area contributed by atoms with Crippen LogP contribution in [0.4, 0.5) is 0 Å². The highest BCUT2D eigenvalue weighted by molar-refractivity contribution is 5.86. The number of H-pyrrole nitrogens is 1. The summed E-state index contributed by atoms with van der Waals surface area (Å²) < 4.78 is 0. The van der Waals surface area contributed by atoms with Crippen LogP contribution in [-0.2, 0) is 0 Å². The molecule has 0 aliphatic rings. The van der Waals surface area contributed by atoms with Gasteiger partial charge in [0.15, 0.2) is 11.5 Å². The summed E-state index contributed by atoms with van der Waals surface area (Å²) in [5.41, 5.74) is 0.264. The van der Waals surface area contributed by atoms with Crippen LogP contribution in [0.15, 0.2) is 29.1 Å². The van der Waals surface area contributed by atoms with Gasteiger partial charge < -0.3 is 15.2 Å². The summed E-state index contributed by atoms with van der Waals surface area (Å²) in [5.74, 6) is -0.409. The summed E-state index contributed by atoms with van der Waals surface area (Å²) in [6.45, 7) is 0. The van der Waals surface area contributed by atoms with Crippen LogP contribution in [-0.4, -0.2) is 15.2 Å². The maximum absolute atomic E-state index is 10.9. The molecule has 0 aliphatic carbocycles. The van der Waals surface area contributed by atoms with Gasteiger partial charge in [0.2, 0.25) is 5.56 Å². The van der Waals surface area contributed by atoms with Gasteiger partial charge in [0.25, 0.3) is 0 Å². The minimum Gasteiger partial charge on any atom is -0.504 e. The lowest BCUT2D eigenvalue weighted by atomic mass is 10.2. The number of hydrogen-bond acceptors (Lipinski definition) is 3. The second-order valence-electron chi connectivity index (χ2n) is 2.72. The molecule has 1 aromatic heterocycles. The van der Waals surface area contributed by atoms with Gasteiger partial charge in [-0.2, -0.15) is 0 Å². The maximum Gasteiger partial charge on any atom is 0.248 e. The van der Waals surface area contributed by atoms with Crippen molar-refractivity contribution >= 4 is 10.9 Å². The second-order valence-corrected chi connectivity index (χ2v) is 2.72. The van der Waals surface area contributed by atoms with E-state index in [0.717, 1.165) is 0 Å². The number of phenols is 2. The Morgan fingerprint density at radius 3 is 2.62 bits per heavy atom. The molecule has 0 aliphatic heterocycles. The fourth-order valence-electron chi connectivity index (χ4n) is 1.21. The lowest BCUT2D eigenvalue weighted by Crippen LogP contribution is -2.01. The molecule has 2 rings (SSSR count). The fourth-order valence-corrected chi connectivity index (χ4v) is 1.21. The zero-order chi connectivity index (χ0) is 9.42. The van der Waals surface area contributed by atoms with Gasteiger partial charge in [-0.1, -0.05) is 0 Å². The molecule has 0 amide bonds. The van der Waals surface area contributed by atoms with Gasteiger partial charge in [-0.05, 0) is 18.2 Å². The number of fused-ring (bicyclic) bond motifs is 1. The van der Waals surface area contributed by atoms with E-state index in [1.165, 1.54) is 24.3 Å². The first-order chi connectivity index (χ1) is 6.18. The van der Waals surface area contributed by atoms with Gasteiger partial charge in [-0.3, -0.25) is 4.79 Å². The molecule has 2 aromatic rings. The molecule has 4 heteroatoms. The van der Waals surface area contributed by atoms with Crippen molar-refractivity contribution in [2.75, 3.05) is 0 Å². The van der Waals surface area contributed by atoms with Crippen molar-refractivity contribution in [2.45, 2.75) is 0 Å². The highest BCUT2D eigenvalue weighted by Gasteiger charge is 2.04. The molecule has 0 saturated heterocycles. The monoisotopic (exact) mass is 177 g/mol. The van der Waals surface area contributed by atoms with E-state index in [0.29, 0.717) is 10.9 Å². The highest BCUT2D eigenvalue weighted by atomic mass is 16.3. The third-order valence-corrected chi connectivity index (χ3v) is 1.86. The van der Waals surface area contributed by atoms with Gasteiger partial charge >= 0.3 is 0 Å². The average Bonchev–Trinajstić information content (AvgIpc) is 2.12. The molecule has 66 valence electrons. The first kappa shape index (κ1) is 7.67. The van der Waals surface area contributed by atoms with Crippen molar-refractivity contribution < 1.29 is 10.2 Å². The molecule has 0 spiro atoms. The minimum atomic E-state index is -0.238. The molecule has 4 nitrogen and oxygen atoms in total. The zero-order valence-corrected chi connectivity index (χ0v) is 6.61. The van der Waals surface area contributed by atoms with Gasteiger partial charge in [-0.25, -0.2) is 0 Å². The third kappa shape index (κ3) is 1.12. The Kier molecular flexibility index (Phi) is 1.48. The van der Waals surface area contributed by atoms with Crippen LogP contribution in [0.3, 0.4) is 0 Å². The van der Waals surface area contributed by atoms with Gasteiger partial charge in [0, 0.05) is 11.5 Å². The number of phenolic OH excluding ortho intramolecular Hbond substituents is 2. The Morgan fingerprint density at radius 1 is 1.08 bits per heavy atom. The zero-order valence-electron chi connectivity index (χ0n) is 6.61. The summed E-state index contributed by atoms with van der Waals surface area (Å²) in [4.78, 5) is 13.4. The van der Waals surface area contributed by atoms with Gasteiger partial charge in [0.05, 0.1) is 5.52 Å². The van der Waals surface area contributed by atoms with Crippen LogP contribution in [0.2, 0.25) is 0 Å². The van der Waals surface area contributed by atoms with Crippen molar-refractivity contribution in [1.29, 1.82) is 0 Å². The van der Waals surface area contributed by atoms with Crippen molar-refractivity contribution in [3.05, 3.63) is 34.6 Å². The van der Waals surface area contributed by atoms with E-state index in [1.54, 1.807) is 0 Å². The molecule has 0 saturated carbocycles. The van der Waals surface area contributed by atoms with Crippen LogP contribution < -0.4 is 5.56 Å².